The van der Waals surface area contributed by atoms with Gasteiger partial charge in [0.25, 0.3) is 0 Å². The number of hydrogen-bond donors (Lipinski definition) is 3. The molecular formula is C9H12N6O. The lowest BCUT2D eigenvalue weighted by Gasteiger charge is -2.04. The molecule has 5 N–H and O–H groups in total. The van der Waals surface area contributed by atoms with E-state index in [9.17, 15) is 0 Å². The van der Waals surface area contributed by atoms with Gasteiger partial charge < -0.3 is 21.2 Å². The summed E-state index contributed by atoms with van der Waals surface area (Å²) in [7, 11) is 0. The van der Waals surface area contributed by atoms with Crippen LogP contribution in [0.2, 0.25) is 0 Å². The van der Waals surface area contributed by atoms with Crippen molar-refractivity contribution in [1.29, 1.82) is 0 Å². The number of nitrogen functional groups attached to an aromatic ring is 2. The first-order valence-electron chi connectivity index (χ1n) is 4.68. The van der Waals surface area contributed by atoms with E-state index in [1.807, 2.05) is 6.92 Å². The second kappa shape index (κ2) is 4.05. The van der Waals surface area contributed by atoms with Gasteiger partial charge in [0.15, 0.2) is 0 Å². The summed E-state index contributed by atoms with van der Waals surface area (Å²) in [6.45, 7) is 2.25. The van der Waals surface area contributed by atoms with E-state index in [0.717, 1.165) is 5.76 Å². The molecule has 2 aromatic heterocycles. The fourth-order valence-corrected chi connectivity index (χ4v) is 1.23. The van der Waals surface area contributed by atoms with Crippen LogP contribution in [0.15, 0.2) is 16.7 Å². The fraction of sp³-hybridized carbons (Fsp3) is 0.222. The van der Waals surface area contributed by atoms with Crippen LogP contribution in [0.25, 0.3) is 0 Å². The number of rotatable bonds is 3. The Kier molecular flexibility index (Phi) is 2.59. The van der Waals surface area contributed by atoms with Crippen molar-refractivity contribution >= 4 is 17.6 Å². The third-order valence-electron chi connectivity index (χ3n) is 1.85. The Morgan fingerprint density at radius 1 is 1.38 bits per heavy atom. The van der Waals surface area contributed by atoms with Crippen molar-refractivity contribution in [3.8, 4) is 0 Å². The summed E-state index contributed by atoms with van der Waals surface area (Å²) in [5.74, 6) is 2.33. The van der Waals surface area contributed by atoms with Crippen LogP contribution < -0.4 is 16.8 Å². The number of nitrogens with one attached hydrogen (secondary N) is 1. The molecule has 0 aromatic carbocycles. The number of nitrogens with two attached hydrogens (primary N) is 2. The van der Waals surface area contributed by atoms with Crippen molar-refractivity contribution in [2.24, 2.45) is 0 Å². The first-order chi connectivity index (χ1) is 7.63. The van der Waals surface area contributed by atoms with Gasteiger partial charge >= 0.3 is 0 Å². The summed E-state index contributed by atoms with van der Waals surface area (Å²) < 4.78 is 5.29. The highest BCUT2D eigenvalue weighted by molar-refractivity contribution is 5.48. The van der Waals surface area contributed by atoms with Crippen LogP contribution in [0.4, 0.5) is 17.6 Å². The van der Waals surface area contributed by atoms with Crippen molar-refractivity contribution < 1.29 is 4.42 Å². The molecule has 0 fully saturated rings. The number of aryl methyl sites for hydroxylation is 1. The third-order valence-corrected chi connectivity index (χ3v) is 1.85. The molecule has 0 spiro atoms. The molecule has 2 rings (SSSR count). The molecule has 0 saturated carbocycles. The van der Waals surface area contributed by atoms with Crippen molar-refractivity contribution in [2.45, 2.75) is 13.5 Å². The van der Waals surface area contributed by atoms with Crippen LogP contribution in [-0.2, 0) is 6.54 Å². The summed E-state index contributed by atoms with van der Waals surface area (Å²) in [6, 6.07) is 1.59. The summed E-state index contributed by atoms with van der Waals surface area (Å²) in [6.07, 6.45) is 1.65. The maximum atomic E-state index is 5.52. The van der Waals surface area contributed by atoms with Crippen molar-refractivity contribution in [3.63, 3.8) is 0 Å². The molecule has 0 aliphatic carbocycles. The fourth-order valence-electron chi connectivity index (χ4n) is 1.23. The van der Waals surface area contributed by atoms with Gasteiger partial charge in [-0.1, -0.05) is 0 Å². The molecular weight excluding hydrogens is 208 g/mol. The third kappa shape index (κ3) is 2.38. The molecule has 0 atom stereocenters. The molecule has 2 aromatic rings. The Morgan fingerprint density at radius 2 is 2.19 bits per heavy atom. The van der Waals surface area contributed by atoms with Gasteiger partial charge in [0.05, 0.1) is 12.7 Å². The monoisotopic (exact) mass is 220 g/mol. The Hall–Kier alpha value is -2.31. The van der Waals surface area contributed by atoms with E-state index in [1.54, 1.807) is 12.3 Å². The Morgan fingerprint density at radius 3 is 2.81 bits per heavy atom. The van der Waals surface area contributed by atoms with Crippen LogP contribution >= 0.6 is 0 Å². The molecule has 16 heavy (non-hydrogen) atoms. The minimum Gasteiger partial charge on any atom is -0.444 e. The second-order valence-electron chi connectivity index (χ2n) is 3.25. The lowest BCUT2D eigenvalue weighted by molar-refractivity contribution is 0.479. The standard InChI is InChI=1S/C9H12N6O/c1-5-3-13-8(16-5)4-12-7-2-6(10)14-9(11)15-7/h2-3H,4H2,1H3,(H5,10,11,12,14,15). The Bertz CT molecular complexity index is 474. The van der Waals surface area contributed by atoms with Gasteiger partial charge in [-0.3, -0.25) is 0 Å². The molecule has 0 unspecified atom stereocenters. The Labute approximate surface area is 91.9 Å². The summed E-state index contributed by atoms with van der Waals surface area (Å²) in [4.78, 5) is 11.8. The first-order valence-corrected chi connectivity index (χ1v) is 4.68. The highest BCUT2D eigenvalue weighted by Crippen LogP contribution is 2.10. The zero-order valence-corrected chi connectivity index (χ0v) is 8.77. The van der Waals surface area contributed by atoms with E-state index in [0.29, 0.717) is 24.1 Å². The Balaban J connectivity index is 2.04. The van der Waals surface area contributed by atoms with Crippen LogP contribution in [0.5, 0.6) is 0 Å². The summed E-state index contributed by atoms with van der Waals surface area (Å²) in [5.41, 5.74) is 11.0. The predicted octanol–water partition coefficient (Wildman–Crippen LogP) is 0.550. The number of oxazole rings is 1. The maximum absolute atomic E-state index is 5.52. The first kappa shape index (κ1) is 10.2. The number of aromatic nitrogens is 3. The molecule has 0 saturated heterocycles. The normalized spacial score (nSPS) is 10.3. The number of nitrogens with zero attached hydrogens (tertiary/aromatic N) is 3. The predicted molar refractivity (Wildman–Crippen MR) is 59.4 cm³/mol. The minimum atomic E-state index is 0.131. The molecule has 0 bridgehead atoms. The summed E-state index contributed by atoms with van der Waals surface area (Å²) in [5, 5.41) is 2.99. The number of hydrogen-bond acceptors (Lipinski definition) is 7. The average Bonchev–Trinajstić information content (AvgIpc) is 2.60. The molecule has 0 aliphatic rings. The highest BCUT2D eigenvalue weighted by Gasteiger charge is 2.02. The van der Waals surface area contributed by atoms with Gasteiger partial charge in [0, 0.05) is 6.07 Å². The van der Waals surface area contributed by atoms with Gasteiger partial charge in [-0.2, -0.15) is 9.97 Å². The van der Waals surface area contributed by atoms with Crippen molar-refractivity contribution in [2.75, 3.05) is 16.8 Å². The molecule has 7 nitrogen and oxygen atoms in total. The van der Waals surface area contributed by atoms with Crippen LogP contribution in [-0.4, -0.2) is 15.0 Å². The van der Waals surface area contributed by atoms with Gasteiger partial charge in [0.1, 0.15) is 17.4 Å². The molecule has 84 valence electrons. The topological polar surface area (TPSA) is 116 Å². The molecule has 0 aliphatic heterocycles. The van der Waals surface area contributed by atoms with Crippen molar-refractivity contribution in [1.82, 2.24) is 15.0 Å². The van der Waals surface area contributed by atoms with Crippen LogP contribution in [0.1, 0.15) is 11.7 Å². The van der Waals surface area contributed by atoms with Crippen molar-refractivity contribution in [3.05, 3.63) is 23.9 Å². The minimum absolute atomic E-state index is 0.131. The molecule has 0 radical (unpaired) electrons. The lowest BCUT2D eigenvalue weighted by Crippen LogP contribution is -2.06. The zero-order valence-electron chi connectivity index (χ0n) is 8.77. The number of anilines is 3. The van der Waals surface area contributed by atoms with E-state index >= 15 is 0 Å². The summed E-state index contributed by atoms with van der Waals surface area (Å²) >= 11 is 0. The van der Waals surface area contributed by atoms with E-state index in [2.05, 4.69) is 20.3 Å². The van der Waals surface area contributed by atoms with Crippen LogP contribution in [0.3, 0.4) is 0 Å². The average molecular weight is 220 g/mol. The van der Waals surface area contributed by atoms with E-state index < -0.39 is 0 Å². The molecule has 2 heterocycles. The smallest absolute Gasteiger partial charge is 0.223 e. The molecule has 0 amide bonds. The van der Waals surface area contributed by atoms with E-state index in [1.165, 1.54) is 0 Å². The van der Waals surface area contributed by atoms with E-state index in [-0.39, 0.29) is 5.95 Å². The van der Waals surface area contributed by atoms with Crippen LogP contribution in [0, 0.1) is 6.92 Å². The largest absolute Gasteiger partial charge is 0.444 e. The highest BCUT2D eigenvalue weighted by atomic mass is 16.4. The van der Waals surface area contributed by atoms with Gasteiger partial charge in [-0.25, -0.2) is 4.98 Å². The second-order valence-corrected chi connectivity index (χ2v) is 3.25. The quantitative estimate of drug-likeness (QED) is 0.691. The maximum Gasteiger partial charge on any atom is 0.223 e. The lowest BCUT2D eigenvalue weighted by atomic mass is 10.5. The van der Waals surface area contributed by atoms with Gasteiger partial charge in [-0.05, 0) is 6.92 Å². The van der Waals surface area contributed by atoms with Gasteiger partial charge in [0.2, 0.25) is 11.8 Å². The SMILES string of the molecule is Cc1cnc(CNc2cc(N)nc(N)n2)o1. The van der Waals surface area contributed by atoms with Gasteiger partial charge in [-0.15, -0.1) is 0 Å². The zero-order chi connectivity index (χ0) is 11.5. The van der Waals surface area contributed by atoms with E-state index in [4.69, 9.17) is 15.9 Å². The molecule has 7 heteroatoms.